The molecular weight excluding hydrogens is 380 g/mol. The first-order valence-electron chi connectivity index (χ1n) is 8.98. The average molecular weight is 403 g/mol. The lowest BCUT2D eigenvalue weighted by molar-refractivity contribution is -0.117. The quantitative estimate of drug-likeness (QED) is 0.562. The summed E-state index contributed by atoms with van der Waals surface area (Å²) in [5.74, 6) is -0.148. The average Bonchev–Trinajstić information content (AvgIpc) is 2.94. The molecule has 6 heteroatoms. The summed E-state index contributed by atoms with van der Waals surface area (Å²) in [7, 11) is 0. The second-order valence-corrected chi connectivity index (χ2v) is 7.90. The molecule has 0 radical (unpaired) electrons. The van der Waals surface area contributed by atoms with Gasteiger partial charge < -0.3 is 9.30 Å². The van der Waals surface area contributed by atoms with Gasteiger partial charge in [0.15, 0.2) is 4.80 Å². The molecule has 1 amide bonds. The minimum absolute atomic E-state index is 0.148. The minimum Gasteiger partial charge on any atom is -0.380 e. The van der Waals surface area contributed by atoms with Crippen molar-refractivity contribution in [2.45, 2.75) is 33.7 Å². The Labute approximate surface area is 168 Å². The number of amides is 1. The lowest BCUT2D eigenvalue weighted by Crippen LogP contribution is -2.20. The van der Waals surface area contributed by atoms with E-state index in [-0.39, 0.29) is 5.91 Å². The number of carbonyl (C=O) groups is 1. The predicted octanol–water partition coefficient (Wildman–Crippen LogP) is 4.68. The molecule has 142 valence electrons. The van der Waals surface area contributed by atoms with Crippen molar-refractivity contribution in [2.24, 2.45) is 4.99 Å². The zero-order valence-electron chi connectivity index (χ0n) is 15.8. The van der Waals surface area contributed by atoms with Crippen LogP contribution in [0.1, 0.15) is 23.6 Å². The molecule has 0 atom stereocenters. The summed E-state index contributed by atoms with van der Waals surface area (Å²) in [6, 6.07) is 11.9. The van der Waals surface area contributed by atoms with Gasteiger partial charge in [-0.3, -0.25) is 4.79 Å². The lowest BCUT2D eigenvalue weighted by Gasteiger charge is -2.06. The third kappa shape index (κ3) is 4.86. The summed E-state index contributed by atoms with van der Waals surface area (Å²) in [6.07, 6.45) is 0.298. The molecule has 0 fully saturated rings. The van der Waals surface area contributed by atoms with Gasteiger partial charge in [-0.1, -0.05) is 46.7 Å². The van der Waals surface area contributed by atoms with Crippen molar-refractivity contribution in [3.8, 4) is 0 Å². The molecule has 0 aliphatic rings. The van der Waals surface area contributed by atoms with E-state index in [4.69, 9.17) is 16.3 Å². The van der Waals surface area contributed by atoms with Crippen LogP contribution >= 0.6 is 22.9 Å². The number of benzene rings is 2. The topological polar surface area (TPSA) is 43.6 Å². The van der Waals surface area contributed by atoms with Gasteiger partial charge in [0.1, 0.15) is 0 Å². The monoisotopic (exact) mass is 402 g/mol. The fourth-order valence-electron chi connectivity index (χ4n) is 3.00. The maximum atomic E-state index is 12.6. The predicted molar refractivity (Wildman–Crippen MR) is 112 cm³/mol. The molecule has 27 heavy (non-hydrogen) atoms. The Morgan fingerprint density at radius 1 is 1.22 bits per heavy atom. The number of hydrogen-bond donors (Lipinski definition) is 0. The highest BCUT2D eigenvalue weighted by Crippen LogP contribution is 2.22. The lowest BCUT2D eigenvalue weighted by atomic mass is 10.0. The number of carbonyl (C=O) groups excluding carboxylic acids is 1. The van der Waals surface area contributed by atoms with Crippen molar-refractivity contribution in [1.29, 1.82) is 0 Å². The van der Waals surface area contributed by atoms with Crippen LogP contribution < -0.4 is 4.80 Å². The molecule has 0 aliphatic carbocycles. The zero-order chi connectivity index (χ0) is 19.4. The second-order valence-electron chi connectivity index (χ2n) is 6.46. The SMILES string of the molecule is CCOCCn1c(=NC(=O)Cc2ccc(C)cc2C)sc2cc(Cl)ccc21. The molecule has 0 unspecified atom stereocenters. The van der Waals surface area contributed by atoms with Gasteiger partial charge >= 0.3 is 0 Å². The van der Waals surface area contributed by atoms with E-state index in [9.17, 15) is 4.79 Å². The van der Waals surface area contributed by atoms with Gasteiger partial charge in [-0.25, -0.2) is 0 Å². The van der Waals surface area contributed by atoms with Crippen LogP contribution in [0.15, 0.2) is 41.4 Å². The smallest absolute Gasteiger partial charge is 0.252 e. The van der Waals surface area contributed by atoms with Crippen LogP contribution in [0.4, 0.5) is 0 Å². The Kier molecular flexibility index (Phi) is 6.47. The van der Waals surface area contributed by atoms with Gasteiger partial charge in [0.25, 0.3) is 5.91 Å². The maximum absolute atomic E-state index is 12.6. The molecule has 1 heterocycles. The van der Waals surface area contributed by atoms with E-state index < -0.39 is 0 Å². The number of hydrogen-bond acceptors (Lipinski definition) is 3. The Morgan fingerprint density at radius 3 is 2.78 bits per heavy atom. The van der Waals surface area contributed by atoms with Crippen molar-refractivity contribution in [3.63, 3.8) is 0 Å². The van der Waals surface area contributed by atoms with Gasteiger partial charge in [0, 0.05) is 18.2 Å². The third-order valence-corrected chi connectivity index (χ3v) is 5.64. The van der Waals surface area contributed by atoms with Crippen LogP contribution in [0, 0.1) is 13.8 Å². The number of aryl methyl sites for hydroxylation is 2. The number of thiazole rings is 1. The van der Waals surface area contributed by atoms with Crippen LogP contribution in [-0.2, 0) is 22.5 Å². The first-order chi connectivity index (χ1) is 13.0. The van der Waals surface area contributed by atoms with Crippen molar-refractivity contribution in [1.82, 2.24) is 4.57 Å². The molecule has 0 bridgehead atoms. The molecule has 0 spiro atoms. The molecule has 0 saturated heterocycles. The standard InChI is InChI=1S/C21H23ClN2O2S/c1-4-26-10-9-24-18-8-7-17(22)13-19(18)27-21(24)23-20(25)12-16-6-5-14(2)11-15(16)3/h5-8,11,13H,4,9-10,12H2,1-3H3. The number of fused-ring (bicyclic) bond motifs is 1. The van der Waals surface area contributed by atoms with Gasteiger partial charge in [-0.05, 0) is 50.1 Å². The minimum atomic E-state index is -0.148. The molecule has 0 aliphatic heterocycles. The third-order valence-electron chi connectivity index (χ3n) is 4.37. The number of halogens is 1. The first kappa shape index (κ1) is 19.8. The van der Waals surface area contributed by atoms with Crippen molar-refractivity contribution in [3.05, 3.63) is 62.9 Å². The van der Waals surface area contributed by atoms with Crippen molar-refractivity contribution in [2.75, 3.05) is 13.2 Å². The van der Waals surface area contributed by atoms with E-state index in [1.807, 2.05) is 55.7 Å². The van der Waals surface area contributed by atoms with Gasteiger partial charge in [0.2, 0.25) is 0 Å². The largest absolute Gasteiger partial charge is 0.380 e. The molecule has 3 aromatic rings. The summed E-state index contributed by atoms with van der Waals surface area (Å²) in [5, 5.41) is 0.675. The first-order valence-corrected chi connectivity index (χ1v) is 10.2. The van der Waals surface area contributed by atoms with E-state index in [0.29, 0.717) is 36.0 Å². The molecule has 3 rings (SSSR count). The molecule has 0 saturated carbocycles. The Hall–Kier alpha value is -1.95. The fraction of sp³-hybridized carbons (Fsp3) is 0.333. The number of ether oxygens (including phenoxy) is 1. The summed E-state index contributed by atoms with van der Waals surface area (Å²) in [6.45, 7) is 7.92. The number of rotatable bonds is 6. The molecule has 0 N–H and O–H groups in total. The van der Waals surface area contributed by atoms with Crippen molar-refractivity contribution >= 4 is 39.1 Å². The summed E-state index contributed by atoms with van der Waals surface area (Å²) in [4.78, 5) is 17.7. The number of aromatic nitrogens is 1. The summed E-state index contributed by atoms with van der Waals surface area (Å²) in [5.41, 5.74) is 4.34. The normalized spacial score (nSPS) is 12.1. The van der Waals surface area contributed by atoms with E-state index in [1.165, 1.54) is 16.9 Å². The maximum Gasteiger partial charge on any atom is 0.252 e. The molecule has 4 nitrogen and oxygen atoms in total. The van der Waals surface area contributed by atoms with Crippen LogP contribution in [0.25, 0.3) is 10.2 Å². The van der Waals surface area contributed by atoms with E-state index in [0.717, 1.165) is 21.3 Å². The van der Waals surface area contributed by atoms with E-state index in [1.54, 1.807) is 0 Å². The second kappa shape index (κ2) is 8.83. The Morgan fingerprint density at radius 2 is 2.04 bits per heavy atom. The molecule has 1 aromatic heterocycles. The highest BCUT2D eigenvalue weighted by atomic mass is 35.5. The Bertz CT molecular complexity index is 1040. The summed E-state index contributed by atoms with van der Waals surface area (Å²) < 4.78 is 8.54. The van der Waals surface area contributed by atoms with Crippen LogP contribution in [0.3, 0.4) is 0 Å². The number of nitrogens with zero attached hydrogens (tertiary/aromatic N) is 2. The van der Waals surface area contributed by atoms with Gasteiger partial charge in [0.05, 0.1) is 23.2 Å². The molecular formula is C21H23ClN2O2S. The summed E-state index contributed by atoms with van der Waals surface area (Å²) >= 11 is 7.60. The molecule has 2 aromatic carbocycles. The van der Waals surface area contributed by atoms with E-state index in [2.05, 4.69) is 11.1 Å². The van der Waals surface area contributed by atoms with Crippen molar-refractivity contribution < 1.29 is 9.53 Å². The Balaban J connectivity index is 1.95. The fourth-order valence-corrected chi connectivity index (χ4v) is 4.35. The zero-order valence-corrected chi connectivity index (χ0v) is 17.4. The van der Waals surface area contributed by atoms with Crippen LogP contribution in [0.2, 0.25) is 5.02 Å². The van der Waals surface area contributed by atoms with Gasteiger partial charge in [-0.15, -0.1) is 0 Å². The van der Waals surface area contributed by atoms with Crippen LogP contribution in [0.5, 0.6) is 0 Å². The highest BCUT2D eigenvalue weighted by molar-refractivity contribution is 7.16. The van der Waals surface area contributed by atoms with E-state index >= 15 is 0 Å². The highest BCUT2D eigenvalue weighted by Gasteiger charge is 2.10. The van der Waals surface area contributed by atoms with Crippen LogP contribution in [-0.4, -0.2) is 23.7 Å². The van der Waals surface area contributed by atoms with Gasteiger partial charge in [-0.2, -0.15) is 4.99 Å².